The van der Waals surface area contributed by atoms with Crippen molar-refractivity contribution in [2.45, 2.75) is 89.1 Å². The van der Waals surface area contributed by atoms with E-state index >= 15 is 0 Å². The van der Waals surface area contributed by atoms with E-state index in [0.717, 1.165) is 57.5 Å². The molecule has 0 unspecified atom stereocenters. The van der Waals surface area contributed by atoms with Crippen molar-refractivity contribution in [1.29, 1.82) is 0 Å². The fraction of sp³-hybridized carbons (Fsp3) is 0.800. The summed E-state index contributed by atoms with van der Waals surface area (Å²) in [5.41, 5.74) is 9.80. The number of nitrogens with zero attached hydrogens (tertiary/aromatic N) is 3. The summed E-state index contributed by atoms with van der Waals surface area (Å²) in [7, 11) is 0. The standard InChI is InChI=1S/C20H31N3O2/c1-15(4-6-16-7-9-17(10-8-16)22-23-21)5-11-18-12-20(14-24-20)13-19(2,3)25-18/h4-5,11,16-18H,6-10,12-14H2,1-3H3/b11-5+,15-4+/t16-,17-,18-,20-/m1/s1. The Morgan fingerprint density at radius 3 is 2.64 bits per heavy atom. The van der Waals surface area contributed by atoms with Gasteiger partial charge < -0.3 is 9.47 Å². The first kappa shape index (κ1) is 18.5. The average molecular weight is 345 g/mol. The molecule has 0 amide bonds. The van der Waals surface area contributed by atoms with Crippen LogP contribution in [0.1, 0.15) is 65.7 Å². The van der Waals surface area contributed by atoms with Crippen molar-refractivity contribution >= 4 is 0 Å². The molecule has 5 nitrogen and oxygen atoms in total. The molecule has 2 atom stereocenters. The van der Waals surface area contributed by atoms with Gasteiger partial charge in [0.1, 0.15) is 0 Å². The first-order valence-corrected chi connectivity index (χ1v) is 9.61. The predicted octanol–water partition coefficient (Wildman–Crippen LogP) is 5.47. The molecule has 2 saturated heterocycles. The summed E-state index contributed by atoms with van der Waals surface area (Å²) >= 11 is 0. The Bertz CT molecular complexity index is 572. The second-order valence-corrected chi connectivity index (χ2v) is 8.69. The molecule has 2 heterocycles. The monoisotopic (exact) mass is 345 g/mol. The highest BCUT2D eigenvalue weighted by atomic mass is 16.6. The van der Waals surface area contributed by atoms with E-state index in [1.54, 1.807) is 0 Å². The van der Waals surface area contributed by atoms with E-state index in [0.29, 0.717) is 0 Å². The third-order valence-electron chi connectivity index (χ3n) is 5.72. The van der Waals surface area contributed by atoms with Gasteiger partial charge in [0.2, 0.25) is 0 Å². The van der Waals surface area contributed by atoms with Crippen LogP contribution in [0.15, 0.2) is 28.9 Å². The summed E-state index contributed by atoms with van der Waals surface area (Å²) in [5, 5.41) is 3.85. The molecule has 138 valence electrons. The number of azide groups is 1. The minimum Gasteiger partial charge on any atom is -0.369 e. The van der Waals surface area contributed by atoms with Crippen LogP contribution in [0.3, 0.4) is 0 Å². The van der Waals surface area contributed by atoms with E-state index in [-0.39, 0.29) is 23.3 Å². The molecule has 1 aliphatic carbocycles. The maximum atomic E-state index is 8.52. The Kier molecular flexibility index (Phi) is 5.57. The van der Waals surface area contributed by atoms with E-state index in [9.17, 15) is 0 Å². The highest BCUT2D eigenvalue weighted by molar-refractivity contribution is 5.19. The van der Waals surface area contributed by atoms with Crippen LogP contribution in [0.4, 0.5) is 0 Å². The van der Waals surface area contributed by atoms with Crippen LogP contribution in [-0.4, -0.2) is 30.0 Å². The van der Waals surface area contributed by atoms with Gasteiger partial charge in [0, 0.05) is 23.8 Å². The van der Waals surface area contributed by atoms with Gasteiger partial charge in [-0.1, -0.05) is 28.9 Å². The largest absolute Gasteiger partial charge is 0.369 e. The second kappa shape index (κ2) is 7.53. The quantitative estimate of drug-likeness (QED) is 0.218. The van der Waals surface area contributed by atoms with Crippen LogP contribution in [0.25, 0.3) is 10.4 Å². The maximum Gasteiger partial charge on any atom is 0.0971 e. The summed E-state index contributed by atoms with van der Waals surface area (Å²) < 4.78 is 11.9. The average Bonchev–Trinajstić information content (AvgIpc) is 3.29. The van der Waals surface area contributed by atoms with Crippen molar-refractivity contribution in [3.63, 3.8) is 0 Å². The molecular weight excluding hydrogens is 314 g/mol. The predicted molar refractivity (Wildman–Crippen MR) is 99.3 cm³/mol. The zero-order valence-corrected chi connectivity index (χ0v) is 15.8. The third-order valence-corrected chi connectivity index (χ3v) is 5.72. The van der Waals surface area contributed by atoms with Crippen LogP contribution in [0, 0.1) is 5.92 Å². The maximum absolute atomic E-state index is 8.52. The fourth-order valence-electron chi connectivity index (χ4n) is 4.39. The Morgan fingerprint density at radius 1 is 1.28 bits per heavy atom. The van der Waals surface area contributed by atoms with Crippen molar-refractivity contribution in [1.82, 2.24) is 0 Å². The van der Waals surface area contributed by atoms with Crippen molar-refractivity contribution in [2.24, 2.45) is 11.0 Å². The number of ether oxygens (including phenoxy) is 2. The normalized spacial score (nSPS) is 37.9. The van der Waals surface area contributed by atoms with E-state index < -0.39 is 0 Å². The SMILES string of the molecule is CC(/C=C/[C@@H]1C[C@]2(CO2)CC(C)(C)O1)=C\C[C@H]1CC[C@H](N=[N+]=[N-])CC1. The molecule has 0 radical (unpaired) electrons. The van der Waals surface area contributed by atoms with Gasteiger partial charge in [0.15, 0.2) is 0 Å². The van der Waals surface area contributed by atoms with Crippen molar-refractivity contribution in [3.05, 3.63) is 34.2 Å². The molecule has 3 fully saturated rings. The van der Waals surface area contributed by atoms with Crippen LogP contribution in [0.5, 0.6) is 0 Å². The van der Waals surface area contributed by atoms with Crippen molar-refractivity contribution in [2.75, 3.05) is 6.61 Å². The molecule has 3 rings (SSSR count). The topological polar surface area (TPSA) is 70.5 Å². The van der Waals surface area contributed by atoms with Crippen LogP contribution < -0.4 is 0 Å². The minimum atomic E-state index is -0.105. The summed E-state index contributed by atoms with van der Waals surface area (Å²) in [4.78, 5) is 2.94. The molecule has 3 aliphatic rings. The summed E-state index contributed by atoms with van der Waals surface area (Å²) in [5.74, 6) is 0.724. The van der Waals surface area contributed by atoms with Gasteiger partial charge in [0.05, 0.1) is 23.9 Å². The van der Waals surface area contributed by atoms with Gasteiger partial charge in [-0.15, -0.1) is 0 Å². The summed E-state index contributed by atoms with van der Waals surface area (Å²) in [6.45, 7) is 7.37. The van der Waals surface area contributed by atoms with Crippen molar-refractivity contribution < 1.29 is 9.47 Å². The molecule has 0 aromatic rings. The lowest BCUT2D eigenvalue weighted by Crippen LogP contribution is -2.43. The molecular formula is C20H31N3O2. The van der Waals surface area contributed by atoms with Gasteiger partial charge in [-0.2, -0.15) is 0 Å². The van der Waals surface area contributed by atoms with Gasteiger partial charge in [0.25, 0.3) is 0 Å². The number of hydrogen-bond donors (Lipinski definition) is 0. The smallest absolute Gasteiger partial charge is 0.0971 e. The highest BCUT2D eigenvalue weighted by Crippen LogP contribution is 2.46. The van der Waals surface area contributed by atoms with E-state index in [2.05, 4.69) is 49.0 Å². The fourth-order valence-corrected chi connectivity index (χ4v) is 4.39. The van der Waals surface area contributed by atoms with Gasteiger partial charge in [-0.3, -0.25) is 0 Å². The Labute approximate surface area is 151 Å². The van der Waals surface area contributed by atoms with Crippen LogP contribution in [0.2, 0.25) is 0 Å². The molecule has 0 aromatic carbocycles. The molecule has 25 heavy (non-hydrogen) atoms. The lowest BCUT2D eigenvalue weighted by Gasteiger charge is -2.38. The molecule has 0 aromatic heterocycles. The first-order valence-electron chi connectivity index (χ1n) is 9.61. The zero-order valence-electron chi connectivity index (χ0n) is 15.8. The van der Waals surface area contributed by atoms with Gasteiger partial charge in [-0.05, 0) is 64.3 Å². The van der Waals surface area contributed by atoms with E-state index in [4.69, 9.17) is 15.0 Å². The zero-order chi connectivity index (χ0) is 17.9. The Balaban J connectivity index is 1.47. The third kappa shape index (κ3) is 5.34. The number of allylic oxidation sites excluding steroid dienone is 3. The van der Waals surface area contributed by atoms with Crippen LogP contribution in [-0.2, 0) is 9.47 Å². The first-order chi connectivity index (χ1) is 11.9. The minimum absolute atomic E-state index is 0.0823. The highest BCUT2D eigenvalue weighted by Gasteiger charge is 2.53. The number of rotatable bonds is 5. The molecule has 1 saturated carbocycles. The lowest BCUT2D eigenvalue weighted by atomic mass is 9.84. The Morgan fingerprint density at radius 2 is 2.00 bits per heavy atom. The van der Waals surface area contributed by atoms with Gasteiger partial charge in [-0.25, -0.2) is 0 Å². The number of hydrogen-bond acceptors (Lipinski definition) is 3. The molecule has 2 aliphatic heterocycles. The lowest BCUT2D eigenvalue weighted by molar-refractivity contribution is -0.112. The van der Waals surface area contributed by atoms with Crippen LogP contribution >= 0.6 is 0 Å². The van der Waals surface area contributed by atoms with Crippen molar-refractivity contribution in [3.8, 4) is 0 Å². The molecule has 0 bridgehead atoms. The van der Waals surface area contributed by atoms with E-state index in [1.165, 1.54) is 5.57 Å². The molecule has 1 spiro atoms. The van der Waals surface area contributed by atoms with Gasteiger partial charge >= 0.3 is 0 Å². The summed E-state index contributed by atoms with van der Waals surface area (Å²) in [6.07, 6.45) is 14.4. The molecule has 5 heteroatoms. The summed E-state index contributed by atoms with van der Waals surface area (Å²) in [6, 6.07) is 0.218. The molecule has 0 N–H and O–H groups in total. The Hall–Kier alpha value is -1.29. The number of epoxide rings is 1. The van der Waals surface area contributed by atoms with E-state index in [1.807, 2.05) is 0 Å². The second-order valence-electron chi connectivity index (χ2n) is 8.69.